The number of carbonyl (C=O) groups is 3. The van der Waals surface area contributed by atoms with Gasteiger partial charge in [-0.15, -0.1) is 0 Å². The number of anilines is 2. The minimum atomic E-state index is -0.950. The molecule has 2 amide bonds. The van der Waals surface area contributed by atoms with Crippen molar-refractivity contribution in [1.82, 2.24) is 0 Å². The highest BCUT2D eigenvalue weighted by molar-refractivity contribution is 5.96. The maximum Gasteiger partial charge on any atom is 0.307 e. The van der Waals surface area contributed by atoms with Gasteiger partial charge < -0.3 is 15.7 Å². The lowest BCUT2D eigenvalue weighted by atomic mass is 9.76. The van der Waals surface area contributed by atoms with Crippen molar-refractivity contribution in [2.75, 3.05) is 10.6 Å². The van der Waals surface area contributed by atoms with Gasteiger partial charge in [-0.3, -0.25) is 14.4 Å². The Bertz CT molecular complexity index is 709. The Morgan fingerprint density at radius 1 is 1.00 bits per heavy atom. The SMILES string of the molecule is CC(=O)Nc1cccc(NC(=O)[C@H]2CC(C)=C(C)C[C@@H]2C(=O)O)c1. The van der Waals surface area contributed by atoms with Gasteiger partial charge in [0, 0.05) is 18.3 Å². The third-order valence-corrected chi connectivity index (χ3v) is 4.37. The van der Waals surface area contributed by atoms with Crippen LogP contribution in [-0.4, -0.2) is 22.9 Å². The van der Waals surface area contributed by atoms with Crippen LogP contribution in [0.15, 0.2) is 35.4 Å². The van der Waals surface area contributed by atoms with Crippen LogP contribution in [-0.2, 0) is 14.4 Å². The van der Waals surface area contributed by atoms with Crippen LogP contribution in [0, 0.1) is 11.8 Å². The van der Waals surface area contributed by atoms with E-state index in [9.17, 15) is 19.5 Å². The van der Waals surface area contributed by atoms with E-state index in [1.807, 2.05) is 13.8 Å². The number of amides is 2. The summed E-state index contributed by atoms with van der Waals surface area (Å²) < 4.78 is 0. The maximum atomic E-state index is 12.6. The van der Waals surface area contributed by atoms with Crippen molar-refractivity contribution in [3.05, 3.63) is 35.4 Å². The molecule has 128 valence electrons. The van der Waals surface area contributed by atoms with E-state index in [0.29, 0.717) is 24.2 Å². The second-order valence-electron chi connectivity index (χ2n) is 6.27. The minimum absolute atomic E-state index is 0.201. The van der Waals surface area contributed by atoms with Gasteiger partial charge in [-0.05, 0) is 44.9 Å². The van der Waals surface area contributed by atoms with Crippen LogP contribution in [0.2, 0.25) is 0 Å². The number of benzene rings is 1. The van der Waals surface area contributed by atoms with Gasteiger partial charge in [-0.1, -0.05) is 17.2 Å². The van der Waals surface area contributed by atoms with Crippen molar-refractivity contribution in [3.63, 3.8) is 0 Å². The van der Waals surface area contributed by atoms with E-state index in [1.165, 1.54) is 6.92 Å². The number of hydrogen-bond donors (Lipinski definition) is 3. The van der Waals surface area contributed by atoms with Crippen molar-refractivity contribution in [3.8, 4) is 0 Å². The minimum Gasteiger partial charge on any atom is -0.481 e. The summed E-state index contributed by atoms with van der Waals surface area (Å²) in [4.78, 5) is 35.2. The summed E-state index contributed by atoms with van der Waals surface area (Å²) in [6.07, 6.45) is 0.838. The zero-order chi connectivity index (χ0) is 17.9. The summed E-state index contributed by atoms with van der Waals surface area (Å²) in [6.45, 7) is 5.25. The Hall–Kier alpha value is -2.63. The van der Waals surface area contributed by atoms with E-state index in [0.717, 1.165) is 11.1 Å². The standard InChI is InChI=1S/C18H22N2O4/c1-10-7-15(16(18(23)24)8-11(10)2)17(22)20-14-6-4-5-13(9-14)19-12(3)21/h4-6,9,15-16H,7-8H2,1-3H3,(H,19,21)(H,20,22)(H,23,24)/t15-,16-/m0/s1. The molecule has 0 heterocycles. The van der Waals surface area contributed by atoms with E-state index >= 15 is 0 Å². The number of aliphatic carboxylic acids is 1. The molecule has 6 nitrogen and oxygen atoms in total. The molecule has 0 radical (unpaired) electrons. The van der Waals surface area contributed by atoms with Gasteiger partial charge >= 0.3 is 5.97 Å². The van der Waals surface area contributed by atoms with Crippen LogP contribution in [0.4, 0.5) is 11.4 Å². The van der Waals surface area contributed by atoms with Gasteiger partial charge in [-0.25, -0.2) is 0 Å². The van der Waals surface area contributed by atoms with Crippen molar-refractivity contribution in [1.29, 1.82) is 0 Å². The molecule has 6 heteroatoms. The fourth-order valence-corrected chi connectivity index (χ4v) is 2.94. The molecule has 2 rings (SSSR count). The highest BCUT2D eigenvalue weighted by Gasteiger charge is 2.37. The number of nitrogens with one attached hydrogen (secondary N) is 2. The average molecular weight is 330 g/mol. The van der Waals surface area contributed by atoms with Crippen LogP contribution in [0.5, 0.6) is 0 Å². The predicted molar refractivity (Wildman–Crippen MR) is 91.6 cm³/mol. The topological polar surface area (TPSA) is 95.5 Å². The molecular weight excluding hydrogens is 308 g/mol. The van der Waals surface area contributed by atoms with E-state index in [4.69, 9.17) is 0 Å². The Morgan fingerprint density at radius 3 is 2.08 bits per heavy atom. The van der Waals surface area contributed by atoms with E-state index in [-0.39, 0.29) is 11.8 Å². The number of hydrogen-bond acceptors (Lipinski definition) is 3. The van der Waals surface area contributed by atoms with Gasteiger partial charge in [0.2, 0.25) is 11.8 Å². The van der Waals surface area contributed by atoms with Crippen molar-refractivity contribution < 1.29 is 19.5 Å². The summed E-state index contributed by atoms with van der Waals surface area (Å²) in [5, 5.41) is 14.8. The molecule has 0 fully saturated rings. The van der Waals surface area contributed by atoms with Crippen molar-refractivity contribution in [2.45, 2.75) is 33.6 Å². The Morgan fingerprint density at radius 2 is 1.54 bits per heavy atom. The number of allylic oxidation sites excluding steroid dienone is 2. The Kier molecular flexibility index (Phi) is 5.39. The van der Waals surface area contributed by atoms with Gasteiger partial charge in [0.05, 0.1) is 11.8 Å². The Labute approximate surface area is 140 Å². The quantitative estimate of drug-likeness (QED) is 0.739. The molecule has 2 atom stereocenters. The summed E-state index contributed by atoms with van der Waals surface area (Å²) in [5.41, 5.74) is 3.21. The zero-order valence-corrected chi connectivity index (χ0v) is 14.1. The first-order valence-corrected chi connectivity index (χ1v) is 7.84. The average Bonchev–Trinajstić information content (AvgIpc) is 2.49. The predicted octanol–water partition coefficient (Wildman–Crippen LogP) is 3.03. The van der Waals surface area contributed by atoms with Crippen LogP contribution in [0.3, 0.4) is 0 Å². The first-order valence-electron chi connectivity index (χ1n) is 7.84. The molecule has 3 N–H and O–H groups in total. The van der Waals surface area contributed by atoms with E-state index < -0.39 is 17.8 Å². The van der Waals surface area contributed by atoms with Gasteiger partial charge in [0.15, 0.2) is 0 Å². The molecule has 0 spiro atoms. The maximum absolute atomic E-state index is 12.6. The number of carbonyl (C=O) groups excluding carboxylic acids is 2. The second-order valence-corrected chi connectivity index (χ2v) is 6.27. The van der Waals surface area contributed by atoms with Crippen LogP contribution >= 0.6 is 0 Å². The fraction of sp³-hybridized carbons (Fsp3) is 0.389. The normalized spacial score (nSPS) is 20.5. The molecule has 0 bridgehead atoms. The summed E-state index contributed by atoms with van der Waals surface area (Å²) in [7, 11) is 0. The smallest absolute Gasteiger partial charge is 0.307 e. The summed E-state index contributed by atoms with van der Waals surface area (Å²) in [6, 6.07) is 6.78. The molecule has 1 aliphatic rings. The van der Waals surface area contributed by atoms with Crippen LogP contribution < -0.4 is 10.6 Å². The molecule has 0 saturated heterocycles. The van der Waals surface area contributed by atoms with E-state index in [2.05, 4.69) is 10.6 Å². The van der Waals surface area contributed by atoms with Gasteiger partial charge in [0.25, 0.3) is 0 Å². The number of rotatable bonds is 4. The number of carboxylic acid groups (broad SMARTS) is 1. The molecule has 1 aliphatic carbocycles. The molecule has 0 saturated carbocycles. The first kappa shape index (κ1) is 17.7. The zero-order valence-electron chi connectivity index (χ0n) is 14.1. The molecule has 24 heavy (non-hydrogen) atoms. The summed E-state index contributed by atoms with van der Waals surface area (Å²) >= 11 is 0. The lowest BCUT2D eigenvalue weighted by Gasteiger charge is -2.29. The fourth-order valence-electron chi connectivity index (χ4n) is 2.94. The van der Waals surface area contributed by atoms with Crippen LogP contribution in [0.1, 0.15) is 33.6 Å². The lowest BCUT2D eigenvalue weighted by molar-refractivity contribution is -0.146. The molecule has 0 aliphatic heterocycles. The largest absolute Gasteiger partial charge is 0.481 e. The van der Waals surface area contributed by atoms with Gasteiger partial charge in [-0.2, -0.15) is 0 Å². The van der Waals surface area contributed by atoms with E-state index in [1.54, 1.807) is 24.3 Å². The molecular formula is C18H22N2O4. The number of carboxylic acids is 1. The highest BCUT2D eigenvalue weighted by atomic mass is 16.4. The lowest BCUT2D eigenvalue weighted by Crippen LogP contribution is -2.36. The Balaban J connectivity index is 2.16. The van der Waals surface area contributed by atoms with Crippen molar-refractivity contribution in [2.24, 2.45) is 11.8 Å². The van der Waals surface area contributed by atoms with Crippen LogP contribution in [0.25, 0.3) is 0 Å². The second kappa shape index (κ2) is 7.29. The monoisotopic (exact) mass is 330 g/mol. The molecule has 1 aromatic rings. The third-order valence-electron chi connectivity index (χ3n) is 4.37. The molecule has 0 aromatic heterocycles. The first-order chi connectivity index (χ1) is 11.3. The third kappa shape index (κ3) is 4.22. The molecule has 0 unspecified atom stereocenters. The van der Waals surface area contributed by atoms with Gasteiger partial charge in [0.1, 0.15) is 0 Å². The van der Waals surface area contributed by atoms with Crippen molar-refractivity contribution >= 4 is 29.2 Å². The summed E-state index contributed by atoms with van der Waals surface area (Å²) in [5.74, 6) is -2.78. The highest BCUT2D eigenvalue weighted by Crippen LogP contribution is 2.35. The molecule has 1 aromatic carbocycles.